The van der Waals surface area contributed by atoms with Crippen LogP contribution in [0.25, 0.3) is 0 Å². The number of amides is 1. The molecule has 136 valence electrons. The van der Waals surface area contributed by atoms with Gasteiger partial charge >= 0.3 is 0 Å². The smallest absolute Gasteiger partial charge is 0.267 e. The highest BCUT2D eigenvalue weighted by Crippen LogP contribution is 2.21. The number of pyridine rings is 1. The lowest BCUT2D eigenvalue weighted by atomic mass is 10.2. The fraction of sp³-hybridized carbons (Fsp3) is 0.278. The number of carbonyl (C=O) groups excluding carboxylic acids is 1. The van der Waals surface area contributed by atoms with Gasteiger partial charge in [0.15, 0.2) is 0 Å². The van der Waals surface area contributed by atoms with Gasteiger partial charge in [-0.15, -0.1) is 0 Å². The van der Waals surface area contributed by atoms with Crippen LogP contribution in [0.2, 0.25) is 0 Å². The van der Waals surface area contributed by atoms with Gasteiger partial charge in [-0.1, -0.05) is 12.1 Å². The molecular formula is C18H20N4O3S. The van der Waals surface area contributed by atoms with Crippen molar-refractivity contribution >= 4 is 21.6 Å². The van der Waals surface area contributed by atoms with Gasteiger partial charge in [-0.25, -0.2) is 13.8 Å². The summed E-state index contributed by atoms with van der Waals surface area (Å²) in [5.74, 6) is -0.466. The van der Waals surface area contributed by atoms with E-state index in [1.165, 1.54) is 16.4 Å². The third-order valence-corrected chi connectivity index (χ3v) is 6.10. The highest BCUT2D eigenvalue weighted by molar-refractivity contribution is 7.89. The van der Waals surface area contributed by atoms with Crippen molar-refractivity contribution in [3.63, 3.8) is 0 Å². The fourth-order valence-electron chi connectivity index (χ4n) is 2.72. The molecule has 0 saturated carbocycles. The van der Waals surface area contributed by atoms with E-state index in [0.717, 1.165) is 18.4 Å². The first-order chi connectivity index (χ1) is 12.5. The maximum atomic E-state index is 12.6. The molecule has 0 unspecified atom stereocenters. The summed E-state index contributed by atoms with van der Waals surface area (Å²) in [4.78, 5) is 16.5. The molecule has 1 amide bonds. The minimum Gasteiger partial charge on any atom is -0.267 e. The Hall–Kier alpha value is -2.58. The molecular weight excluding hydrogens is 352 g/mol. The van der Waals surface area contributed by atoms with Crippen LogP contribution in [-0.2, 0) is 10.0 Å². The van der Waals surface area contributed by atoms with Crippen molar-refractivity contribution < 1.29 is 13.2 Å². The first kappa shape index (κ1) is 18.2. The van der Waals surface area contributed by atoms with Crippen molar-refractivity contribution in [3.8, 4) is 0 Å². The Balaban J connectivity index is 1.76. The average molecular weight is 372 g/mol. The molecule has 3 rings (SSSR count). The first-order valence-electron chi connectivity index (χ1n) is 8.34. The summed E-state index contributed by atoms with van der Waals surface area (Å²) in [6.07, 6.45) is 5.03. The van der Waals surface area contributed by atoms with Gasteiger partial charge < -0.3 is 0 Å². The van der Waals surface area contributed by atoms with Crippen molar-refractivity contribution in [2.45, 2.75) is 24.7 Å². The first-order valence-corrected chi connectivity index (χ1v) is 9.78. The maximum Gasteiger partial charge on any atom is 0.271 e. The quantitative estimate of drug-likeness (QED) is 0.642. The molecule has 8 heteroatoms. The van der Waals surface area contributed by atoms with Crippen LogP contribution in [-0.4, -0.2) is 42.4 Å². The predicted molar refractivity (Wildman–Crippen MR) is 98.3 cm³/mol. The Morgan fingerprint density at radius 2 is 1.88 bits per heavy atom. The van der Waals surface area contributed by atoms with Gasteiger partial charge in [-0.05, 0) is 44.0 Å². The Morgan fingerprint density at radius 3 is 2.58 bits per heavy atom. The van der Waals surface area contributed by atoms with Crippen molar-refractivity contribution in [2.24, 2.45) is 5.10 Å². The molecule has 1 fully saturated rings. The standard InChI is InChI=1S/C18H20N4O3S/c1-14(16-7-5-9-19-13-16)20-21-18(23)15-6-4-8-17(12-15)26(24,25)22-10-2-3-11-22/h4-9,12-13H,2-3,10-11H2,1H3,(H,21,23). The summed E-state index contributed by atoms with van der Waals surface area (Å²) in [5, 5.41) is 4.06. The number of hydrogen-bond donors (Lipinski definition) is 1. The zero-order chi connectivity index (χ0) is 18.6. The number of aromatic nitrogens is 1. The molecule has 1 aliphatic heterocycles. The molecule has 1 saturated heterocycles. The second kappa shape index (κ2) is 7.76. The Morgan fingerprint density at radius 1 is 1.15 bits per heavy atom. The topological polar surface area (TPSA) is 91.7 Å². The second-order valence-corrected chi connectivity index (χ2v) is 7.96. The number of carbonyl (C=O) groups is 1. The summed E-state index contributed by atoms with van der Waals surface area (Å²) in [5.41, 5.74) is 4.10. The largest absolute Gasteiger partial charge is 0.271 e. The van der Waals surface area contributed by atoms with E-state index in [9.17, 15) is 13.2 Å². The zero-order valence-electron chi connectivity index (χ0n) is 14.4. The van der Waals surface area contributed by atoms with E-state index in [-0.39, 0.29) is 10.5 Å². The van der Waals surface area contributed by atoms with E-state index >= 15 is 0 Å². The summed E-state index contributed by atoms with van der Waals surface area (Å²) in [6, 6.07) is 9.64. The number of hydrazone groups is 1. The van der Waals surface area contributed by atoms with Crippen LogP contribution in [0, 0.1) is 0 Å². The highest BCUT2D eigenvalue weighted by atomic mass is 32.2. The van der Waals surface area contributed by atoms with Crippen molar-refractivity contribution in [2.75, 3.05) is 13.1 Å². The lowest BCUT2D eigenvalue weighted by molar-refractivity contribution is 0.0954. The number of sulfonamides is 1. The Bertz CT molecular complexity index is 920. The van der Waals surface area contributed by atoms with Crippen LogP contribution < -0.4 is 5.43 Å². The van der Waals surface area contributed by atoms with E-state index in [4.69, 9.17) is 0 Å². The molecule has 0 radical (unpaired) electrons. The molecule has 1 aliphatic rings. The SMILES string of the molecule is CC(=NNC(=O)c1cccc(S(=O)(=O)N2CCCC2)c1)c1cccnc1. The number of benzene rings is 1. The van der Waals surface area contributed by atoms with Crippen LogP contribution in [0.15, 0.2) is 58.8 Å². The normalized spacial score (nSPS) is 15.8. The van der Waals surface area contributed by atoms with Gasteiger partial charge in [0.05, 0.1) is 10.6 Å². The lowest BCUT2D eigenvalue weighted by Gasteiger charge is -2.15. The average Bonchev–Trinajstić information content (AvgIpc) is 3.22. The molecule has 1 aromatic heterocycles. The third-order valence-electron chi connectivity index (χ3n) is 4.20. The van der Waals surface area contributed by atoms with E-state index in [0.29, 0.717) is 18.8 Å². The van der Waals surface area contributed by atoms with Crippen LogP contribution in [0.3, 0.4) is 0 Å². The van der Waals surface area contributed by atoms with Gasteiger partial charge in [0.25, 0.3) is 5.91 Å². The number of hydrogen-bond acceptors (Lipinski definition) is 5. The molecule has 0 spiro atoms. The number of nitrogens with zero attached hydrogens (tertiary/aromatic N) is 3. The number of rotatable bonds is 5. The highest BCUT2D eigenvalue weighted by Gasteiger charge is 2.27. The monoisotopic (exact) mass is 372 g/mol. The number of nitrogens with one attached hydrogen (secondary N) is 1. The second-order valence-electron chi connectivity index (χ2n) is 6.02. The summed E-state index contributed by atoms with van der Waals surface area (Å²) in [6.45, 7) is 2.80. The van der Waals surface area contributed by atoms with Crippen LogP contribution >= 0.6 is 0 Å². The van der Waals surface area contributed by atoms with Crippen LogP contribution in [0.4, 0.5) is 0 Å². The van der Waals surface area contributed by atoms with Crippen molar-refractivity contribution in [1.29, 1.82) is 0 Å². The molecule has 2 aromatic rings. The van der Waals surface area contributed by atoms with Crippen LogP contribution in [0.5, 0.6) is 0 Å². The maximum absolute atomic E-state index is 12.6. The molecule has 1 aromatic carbocycles. The molecule has 0 bridgehead atoms. The van der Waals surface area contributed by atoms with Crippen LogP contribution in [0.1, 0.15) is 35.7 Å². The lowest BCUT2D eigenvalue weighted by Crippen LogP contribution is -2.28. The molecule has 0 aliphatic carbocycles. The van der Waals surface area contributed by atoms with Gasteiger partial charge in [0.1, 0.15) is 0 Å². The van der Waals surface area contributed by atoms with Gasteiger partial charge in [0, 0.05) is 36.6 Å². The zero-order valence-corrected chi connectivity index (χ0v) is 15.2. The van der Waals surface area contributed by atoms with E-state index in [1.807, 2.05) is 6.07 Å². The predicted octanol–water partition coefficient (Wildman–Crippen LogP) is 2.02. The minimum absolute atomic E-state index is 0.125. The van der Waals surface area contributed by atoms with E-state index in [1.54, 1.807) is 37.5 Å². The minimum atomic E-state index is -3.56. The van der Waals surface area contributed by atoms with Crippen molar-refractivity contribution in [1.82, 2.24) is 14.7 Å². The third kappa shape index (κ3) is 3.97. The van der Waals surface area contributed by atoms with E-state index < -0.39 is 15.9 Å². The fourth-order valence-corrected chi connectivity index (χ4v) is 4.28. The molecule has 2 heterocycles. The molecule has 26 heavy (non-hydrogen) atoms. The Kier molecular flexibility index (Phi) is 5.43. The van der Waals surface area contributed by atoms with Gasteiger partial charge in [0.2, 0.25) is 10.0 Å². The van der Waals surface area contributed by atoms with Crippen molar-refractivity contribution in [3.05, 3.63) is 59.9 Å². The summed E-state index contributed by atoms with van der Waals surface area (Å²) in [7, 11) is -3.56. The summed E-state index contributed by atoms with van der Waals surface area (Å²) >= 11 is 0. The molecule has 1 N–H and O–H groups in total. The van der Waals surface area contributed by atoms with Gasteiger partial charge in [-0.2, -0.15) is 9.41 Å². The van der Waals surface area contributed by atoms with E-state index in [2.05, 4.69) is 15.5 Å². The summed E-state index contributed by atoms with van der Waals surface area (Å²) < 4.78 is 26.7. The molecule has 0 atom stereocenters. The Labute approximate surface area is 152 Å². The van der Waals surface area contributed by atoms with Gasteiger partial charge in [-0.3, -0.25) is 9.78 Å². The molecule has 7 nitrogen and oxygen atoms in total.